The lowest BCUT2D eigenvalue weighted by molar-refractivity contribution is -0.276. The second-order valence-corrected chi connectivity index (χ2v) is 3.59. The molecule has 1 rings (SSSR count). The number of methoxy groups -OCH3 is 2. The lowest BCUT2D eigenvalue weighted by atomic mass is 10.1. The van der Waals surface area contributed by atoms with Gasteiger partial charge in [-0.05, 0) is 0 Å². The Morgan fingerprint density at radius 3 is 2.50 bits per heavy atom. The zero-order valence-corrected chi connectivity index (χ0v) is 10.8. The number of nitrogens with two attached hydrogens (primary N) is 1. The van der Waals surface area contributed by atoms with E-state index in [-0.39, 0.29) is 30.0 Å². The number of hydrogen-bond donors (Lipinski definition) is 1. The highest BCUT2D eigenvalue weighted by Crippen LogP contribution is 2.29. The number of halogens is 3. The molecule has 0 spiro atoms. The van der Waals surface area contributed by atoms with Crippen molar-refractivity contribution in [1.29, 1.82) is 0 Å². The van der Waals surface area contributed by atoms with Crippen molar-refractivity contribution in [2.24, 2.45) is 5.73 Å². The number of carbonyl (C=O) groups is 1. The molecule has 0 fully saturated rings. The SMILES string of the molecule is COC(=O)Cc1c(OC)cc(OC(F)(F)F)nc1CN. The fourth-order valence-corrected chi connectivity index (χ4v) is 1.50. The molecular formula is C11H13F3N2O4. The van der Waals surface area contributed by atoms with Crippen molar-refractivity contribution >= 4 is 5.97 Å². The van der Waals surface area contributed by atoms with Crippen LogP contribution in [0.25, 0.3) is 0 Å². The van der Waals surface area contributed by atoms with Gasteiger partial charge in [0.15, 0.2) is 0 Å². The second-order valence-electron chi connectivity index (χ2n) is 3.59. The van der Waals surface area contributed by atoms with Crippen LogP contribution >= 0.6 is 0 Å². The zero-order valence-electron chi connectivity index (χ0n) is 10.8. The molecule has 0 aromatic carbocycles. The molecule has 0 bridgehead atoms. The molecule has 2 N–H and O–H groups in total. The average molecular weight is 294 g/mol. The van der Waals surface area contributed by atoms with Crippen molar-refractivity contribution in [2.45, 2.75) is 19.3 Å². The van der Waals surface area contributed by atoms with E-state index in [1.165, 1.54) is 14.2 Å². The van der Waals surface area contributed by atoms with Gasteiger partial charge < -0.3 is 19.9 Å². The van der Waals surface area contributed by atoms with Crippen LogP contribution in [0.3, 0.4) is 0 Å². The quantitative estimate of drug-likeness (QED) is 0.820. The standard InChI is InChI=1S/C11H13F3N2O4/c1-18-8-4-9(20-11(12,13)14)16-7(5-15)6(8)3-10(17)19-2/h4H,3,5,15H2,1-2H3. The Labute approximate surface area is 112 Å². The summed E-state index contributed by atoms with van der Waals surface area (Å²) in [4.78, 5) is 14.9. The van der Waals surface area contributed by atoms with E-state index in [4.69, 9.17) is 10.5 Å². The fourth-order valence-electron chi connectivity index (χ4n) is 1.50. The number of hydrogen-bond acceptors (Lipinski definition) is 6. The van der Waals surface area contributed by atoms with Gasteiger partial charge in [-0.1, -0.05) is 0 Å². The van der Waals surface area contributed by atoms with Crippen molar-refractivity contribution < 1.29 is 32.2 Å². The molecule has 1 aromatic rings. The maximum Gasteiger partial charge on any atom is 0.574 e. The van der Waals surface area contributed by atoms with Crippen molar-refractivity contribution in [3.63, 3.8) is 0 Å². The first-order chi connectivity index (χ1) is 9.30. The van der Waals surface area contributed by atoms with Crippen LogP contribution in [0.1, 0.15) is 11.3 Å². The minimum absolute atomic E-state index is 0.0186. The molecule has 1 heterocycles. The molecule has 0 radical (unpaired) electrons. The maximum absolute atomic E-state index is 12.2. The molecule has 9 heteroatoms. The molecule has 1 aromatic heterocycles. The second kappa shape index (κ2) is 6.42. The monoisotopic (exact) mass is 294 g/mol. The number of carbonyl (C=O) groups excluding carboxylic acids is 1. The number of rotatable bonds is 5. The van der Waals surface area contributed by atoms with Crippen LogP contribution in [-0.4, -0.2) is 31.5 Å². The van der Waals surface area contributed by atoms with Gasteiger partial charge >= 0.3 is 12.3 Å². The summed E-state index contributed by atoms with van der Waals surface area (Å²) in [5, 5.41) is 0. The molecule has 6 nitrogen and oxygen atoms in total. The van der Waals surface area contributed by atoms with Gasteiger partial charge in [0.05, 0.1) is 26.3 Å². The molecular weight excluding hydrogens is 281 g/mol. The van der Waals surface area contributed by atoms with Crippen LogP contribution in [0.5, 0.6) is 11.6 Å². The van der Waals surface area contributed by atoms with Gasteiger partial charge in [0, 0.05) is 18.2 Å². The molecule has 0 saturated heterocycles. The highest BCUT2D eigenvalue weighted by molar-refractivity contribution is 5.74. The van der Waals surface area contributed by atoms with E-state index < -0.39 is 18.2 Å². The maximum atomic E-state index is 12.2. The van der Waals surface area contributed by atoms with E-state index >= 15 is 0 Å². The number of esters is 1. The lowest BCUT2D eigenvalue weighted by Crippen LogP contribution is -2.20. The molecule has 0 aliphatic rings. The first-order valence-electron chi connectivity index (χ1n) is 5.40. The average Bonchev–Trinajstić information content (AvgIpc) is 2.37. The summed E-state index contributed by atoms with van der Waals surface area (Å²) in [5.74, 6) is -1.28. The largest absolute Gasteiger partial charge is 0.574 e. The predicted octanol–water partition coefficient (Wildman–Crippen LogP) is 1.16. The van der Waals surface area contributed by atoms with Gasteiger partial charge in [-0.15, -0.1) is 13.2 Å². The van der Waals surface area contributed by atoms with E-state index in [0.717, 1.165) is 6.07 Å². The number of ether oxygens (including phenoxy) is 3. The van der Waals surface area contributed by atoms with Crippen molar-refractivity contribution in [3.05, 3.63) is 17.3 Å². The van der Waals surface area contributed by atoms with Crippen LogP contribution < -0.4 is 15.2 Å². The lowest BCUT2D eigenvalue weighted by Gasteiger charge is -2.15. The van der Waals surface area contributed by atoms with E-state index in [9.17, 15) is 18.0 Å². The Balaban J connectivity index is 3.21. The normalized spacial score (nSPS) is 11.1. The third-order valence-electron chi connectivity index (χ3n) is 2.33. The zero-order chi connectivity index (χ0) is 15.3. The molecule has 20 heavy (non-hydrogen) atoms. The van der Waals surface area contributed by atoms with Gasteiger partial charge in [0.1, 0.15) is 5.75 Å². The number of alkyl halides is 3. The molecule has 0 amide bonds. The minimum atomic E-state index is -4.88. The van der Waals surface area contributed by atoms with Crippen LogP contribution in [-0.2, 0) is 22.5 Å². The van der Waals surface area contributed by atoms with Crippen molar-refractivity contribution in [3.8, 4) is 11.6 Å². The summed E-state index contributed by atoms with van der Waals surface area (Å²) in [5.41, 5.74) is 5.74. The van der Waals surface area contributed by atoms with Crippen molar-refractivity contribution in [1.82, 2.24) is 4.98 Å². The highest BCUT2D eigenvalue weighted by Gasteiger charge is 2.32. The van der Waals surface area contributed by atoms with Gasteiger partial charge in [-0.3, -0.25) is 4.79 Å². The molecule has 0 aliphatic heterocycles. The first kappa shape index (κ1) is 16.0. The van der Waals surface area contributed by atoms with Crippen LogP contribution in [0, 0.1) is 0 Å². The van der Waals surface area contributed by atoms with Gasteiger partial charge in [-0.2, -0.15) is 0 Å². The Hall–Kier alpha value is -2.03. The summed E-state index contributed by atoms with van der Waals surface area (Å²) < 4.78 is 49.6. The number of pyridine rings is 1. The Bertz CT molecular complexity index is 466. The summed E-state index contributed by atoms with van der Waals surface area (Å²) in [6, 6.07) is 0.935. The molecule has 0 atom stereocenters. The minimum Gasteiger partial charge on any atom is -0.496 e. The fraction of sp³-hybridized carbons (Fsp3) is 0.455. The van der Waals surface area contributed by atoms with Crippen LogP contribution in [0.15, 0.2) is 6.07 Å². The third kappa shape index (κ3) is 4.26. The summed E-state index contributed by atoms with van der Waals surface area (Å²) in [7, 11) is 2.43. The van der Waals surface area contributed by atoms with E-state index in [1.54, 1.807) is 0 Å². The summed E-state index contributed by atoms with van der Waals surface area (Å²) in [6.07, 6.45) is -5.10. The van der Waals surface area contributed by atoms with Gasteiger partial charge in [-0.25, -0.2) is 4.98 Å². The highest BCUT2D eigenvalue weighted by atomic mass is 19.4. The Morgan fingerprint density at radius 2 is 2.05 bits per heavy atom. The molecule has 0 aliphatic carbocycles. The number of nitrogens with zero attached hydrogens (tertiary/aromatic N) is 1. The van der Waals surface area contributed by atoms with Gasteiger partial charge in [0.2, 0.25) is 5.88 Å². The Kier molecular flexibility index (Phi) is 5.14. The predicted molar refractivity (Wildman–Crippen MR) is 61.1 cm³/mol. The molecule has 112 valence electrons. The Morgan fingerprint density at radius 1 is 1.40 bits per heavy atom. The summed E-state index contributed by atoms with van der Waals surface area (Å²) in [6.45, 7) is -0.183. The topological polar surface area (TPSA) is 83.7 Å². The molecule has 0 saturated carbocycles. The van der Waals surface area contributed by atoms with E-state index in [2.05, 4.69) is 14.5 Å². The first-order valence-corrected chi connectivity index (χ1v) is 5.40. The van der Waals surface area contributed by atoms with E-state index in [0.29, 0.717) is 0 Å². The van der Waals surface area contributed by atoms with Crippen molar-refractivity contribution in [2.75, 3.05) is 14.2 Å². The van der Waals surface area contributed by atoms with Crippen LogP contribution in [0.4, 0.5) is 13.2 Å². The molecule has 0 unspecified atom stereocenters. The van der Waals surface area contributed by atoms with E-state index in [1.807, 2.05) is 0 Å². The van der Waals surface area contributed by atoms with Crippen LogP contribution in [0.2, 0.25) is 0 Å². The number of aromatic nitrogens is 1. The smallest absolute Gasteiger partial charge is 0.496 e. The third-order valence-corrected chi connectivity index (χ3v) is 2.33. The summed E-state index contributed by atoms with van der Waals surface area (Å²) >= 11 is 0. The van der Waals surface area contributed by atoms with Gasteiger partial charge in [0.25, 0.3) is 0 Å².